The van der Waals surface area contributed by atoms with Gasteiger partial charge in [0.25, 0.3) is 11.5 Å². The molecule has 0 fully saturated rings. The third-order valence-corrected chi connectivity index (χ3v) is 7.01. The van der Waals surface area contributed by atoms with E-state index in [0.717, 1.165) is 28.7 Å². The van der Waals surface area contributed by atoms with E-state index in [1.165, 1.54) is 39.8 Å². The van der Waals surface area contributed by atoms with Crippen LogP contribution in [0.2, 0.25) is 0 Å². The third-order valence-electron chi connectivity index (χ3n) is 4.49. The zero-order chi connectivity index (χ0) is 24.8. The van der Waals surface area contributed by atoms with Crippen molar-refractivity contribution in [3.8, 4) is 11.8 Å². The highest BCUT2D eigenvalue weighted by molar-refractivity contribution is 7.99. The van der Waals surface area contributed by atoms with Crippen molar-refractivity contribution < 1.29 is 9.53 Å². The lowest BCUT2D eigenvalue weighted by atomic mass is 10.1. The number of aromatic nitrogens is 5. The van der Waals surface area contributed by atoms with Gasteiger partial charge in [0, 0.05) is 17.6 Å². The highest BCUT2D eigenvalue weighted by atomic mass is 32.2. The average molecular weight is 526 g/mol. The van der Waals surface area contributed by atoms with Gasteiger partial charge in [0.2, 0.25) is 15.2 Å². The molecule has 3 heterocycles. The molecule has 0 aliphatic rings. The van der Waals surface area contributed by atoms with Crippen molar-refractivity contribution in [1.82, 2.24) is 24.0 Å². The summed E-state index contributed by atoms with van der Waals surface area (Å²) < 4.78 is 11.2. The fraction of sp³-hybridized carbons (Fsp3) is 0.227. The zero-order valence-electron chi connectivity index (χ0n) is 18.7. The van der Waals surface area contributed by atoms with Crippen LogP contribution < -0.4 is 15.6 Å². The number of hydrogen-bond acceptors (Lipinski definition) is 11. The van der Waals surface area contributed by atoms with Gasteiger partial charge in [0.05, 0.1) is 5.69 Å². The number of anilines is 1. The number of thioether (sulfide) groups is 1. The number of carbonyl (C=O) groups is 1. The number of nitriles is 1. The molecule has 35 heavy (non-hydrogen) atoms. The Morgan fingerprint density at radius 1 is 1.29 bits per heavy atom. The molecule has 1 amide bonds. The van der Waals surface area contributed by atoms with E-state index in [1.807, 2.05) is 19.9 Å². The molecule has 3 aromatic heterocycles. The van der Waals surface area contributed by atoms with Crippen molar-refractivity contribution in [3.63, 3.8) is 0 Å². The van der Waals surface area contributed by atoms with E-state index < -0.39 is 5.91 Å². The lowest BCUT2D eigenvalue weighted by Gasteiger charge is -2.06. The Hall–Kier alpha value is -3.60. The van der Waals surface area contributed by atoms with Crippen LogP contribution in [-0.4, -0.2) is 35.6 Å². The van der Waals surface area contributed by atoms with E-state index >= 15 is 0 Å². The monoisotopic (exact) mass is 525 g/mol. The van der Waals surface area contributed by atoms with Crippen molar-refractivity contribution in [3.05, 3.63) is 62.5 Å². The number of nitrogens with zero attached hydrogens (tertiary/aromatic N) is 6. The van der Waals surface area contributed by atoms with E-state index in [0.29, 0.717) is 32.3 Å². The van der Waals surface area contributed by atoms with Crippen molar-refractivity contribution in [1.29, 1.82) is 5.26 Å². The Morgan fingerprint density at radius 3 is 2.80 bits per heavy atom. The summed E-state index contributed by atoms with van der Waals surface area (Å²) >= 11 is 3.91. The van der Waals surface area contributed by atoms with Gasteiger partial charge < -0.3 is 4.74 Å². The molecule has 0 bridgehead atoms. The maximum atomic E-state index is 12.5. The van der Waals surface area contributed by atoms with Crippen LogP contribution in [0, 0.1) is 11.3 Å². The Balaban J connectivity index is 1.40. The third kappa shape index (κ3) is 6.10. The number of benzene rings is 1. The smallest absolute Gasteiger partial charge is 0.275 e. The predicted molar refractivity (Wildman–Crippen MR) is 136 cm³/mol. The largest absolute Gasteiger partial charge is 0.487 e. The van der Waals surface area contributed by atoms with Gasteiger partial charge in [-0.15, -0.1) is 0 Å². The maximum Gasteiger partial charge on any atom is 0.275 e. The molecular weight excluding hydrogens is 506 g/mol. The zero-order valence-corrected chi connectivity index (χ0v) is 21.2. The normalized spacial score (nSPS) is 11.4. The first-order valence-corrected chi connectivity index (χ1v) is 13.1. The van der Waals surface area contributed by atoms with Gasteiger partial charge >= 0.3 is 0 Å². The van der Waals surface area contributed by atoms with Gasteiger partial charge in [-0.3, -0.25) is 14.9 Å². The fourth-order valence-electron chi connectivity index (χ4n) is 2.86. The first kappa shape index (κ1) is 24.5. The van der Waals surface area contributed by atoms with E-state index in [9.17, 15) is 14.9 Å². The van der Waals surface area contributed by atoms with Crippen LogP contribution in [0.3, 0.4) is 0 Å². The van der Waals surface area contributed by atoms with Crippen LogP contribution in [0.15, 0.2) is 45.9 Å². The summed E-state index contributed by atoms with van der Waals surface area (Å²) in [5.41, 5.74) is 0.845. The predicted octanol–water partition coefficient (Wildman–Crippen LogP) is 3.80. The van der Waals surface area contributed by atoms with Crippen molar-refractivity contribution in [2.45, 2.75) is 32.0 Å². The summed E-state index contributed by atoms with van der Waals surface area (Å²) in [6, 6.07) is 10.2. The molecule has 0 aliphatic heterocycles. The van der Waals surface area contributed by atoms with E-state index in [-0.39, 0.29) is 17.7 Å². The Morgan fingerprint density at radius 2 is 2.09 bits per heavy atom. The summed E-state index contributed by atoms with van der Waals surface area (Å²) in [7, 11) is 0. The molecule has 178 valence electrons. The Labute approximate surface area is 212 Å². The lowest BCUT2D eigenvalue weighted by Crippen LogP contribution is -2.16. The van der Waals surface area contributed by atoms with Crippen LogP contribution in [0.4, 0.5) is 5.13 Å². The molecule has 0 saturated heterocycles. The standard InChI is InChI=1S/C22H19N7O3S3/c1-3-17-27-29-18(30)10-15(24-22(29)34-17)12-32-16-7-5-13(6-8-16)9-14(11-23)19(31)25-20-26-21(28-35-20)33-4-2/h5-10H,3-4,12H2,1-2H3,(H,25,26,28,31)/b14-9-. The summed E-state index contributed by atoms with van der Waals surface area (Å²) in [5.74, 6) is 0.823. The first-order chi connectivity index (χ1) is 17.0. The van der Waals surface area contributed by atoms with Gasteiger partial charge in [-0.05, 0) is 35.9 Å². The van der Waals surface area contributed by atoms with Gasteiger partial charge in [-0.1, -0.05) is 49.1 Å². The number of amides is 1. The van der Waals surface area contributed by atoms with E-state index in [1.54, 1.807) is 24.3 Å². The minimum absolute atomic E-state index is 0.0625. The molecule has 1 N–H and O–H groups in total. The molecule has 0 atom stereocenters. The molecule has 0 unspecified atom stereocenters. The van der Waals surface area contributed by atoms with Crippen molar-refractivity contribution in [2.24, 2.45) is 0 Å². The van der Waals surface area contributed by atoms with E-state index in [4.69, 9.17) is 4.74 Å². The van der Waals surface area contributed by atoms with Gasteiger partial charge in [0.15, 0.2) is 0 Å². The lowest BCUT2D eigenvalue weighted by molar-refractivity contribution is -0.112. The number of rotatable bonds is 9. The van der Waals surface area contributed by atoms with Crippen LogP contribution in [-0.2, 0) is 17.8 Å². The summed E-state index contributed by atoms with van der Waals surface area (Å²) in [5, 5.41) is 18.0. The first-order valence-electron chi connectivity index (χ1n) is 10.5. The number of nitrogens with one attached hydrogen (secondary N) is 1. The van der Waals surface area contributed by atoms with Crippen LogP contribution >= 0.6 is 34.6 Å². The molecule has 0 saturated carbocycles. The van der Waals surface area contributed by atoms with Gasteiger partial charge in [-0.25, -0.2) is 4.98 Å². The SMILES string of the molecule is CCSc1nsc(NC(=O)/C(C#N)=C\c2ccc(OCc3cc(=O)n4nc(CC)sc4n3)cc2)n1. The molecule has 0 aliphatic carbocycles. The van der Waals surface area contributed by atoms with Gasteiger partial charge in [-0.2, -0.15) is 24.2 Å². The second-order valence-corrected chi connectivity index (χ2v) is 9.95. The summed E-state index contributed by atoms with van der Waals surface area (Å²) in [4.78, 5) is 33.9. The second-order valence-electron chi connectivity index (χ2n) is 6.93. The average Bonchev–Trinajstić information content (AvgIpc) is 3.49. The molecule has 13 heteroatoms. The minimum Gasteiger partial charge on any atom is -0.487 e. The number of hydrogen-bond donors (Lipinski definition) is 1. The van der Waals surface area contributed by atoms with Crippen LogP contribution in [0.1, 0.15) is 30.1 Å². The van der Waals surface area contributed by atoms with Crippen molar-refractivity contribution >= 4 is 56.7 Å². The van der Waals surface area contributed by atoms with Crippen LogP contribution in [0.5, 0.6) is 5.75 Å². The minimum atomic E-state index is -0.556. The van der Waals surface area contributed by atoms with Crippen molar-refractivity contribution in [2.75, 3.05) is 11.1 Å². The summed E-state index contributed by atoms with van der Waals surface area (Å²) in [6.07, 6.45) is 2.21. The number of ether oxygens (including phenoxy) is 1. The molecule has 1 aromatic carbocycles. The maximum absolute atomic E-state index is 12.5. The molecule has 0 radical (unpaired) electrons. The quantitative estimate of drug-likeness (QED) is 0.197. The van der Waals surface area contributed by atoms with Gasteiger partial charge in [0.1, 0.15) is 29.0 Å². The van der Waals surface area contributed by atoms with E-state index in [2.05, 4.69) is 24.8 Å². The number of fused-ring (bicyclic) bond motifs is 1. The molecule has 0 spiro atoms. The number of aryl methyl sites for hydroxylation is 1. The molecular formula is C22H19N7O3S3. The topological polar surface area (TPSA) is 135 Å². The second kappa shape index (κ2) is 11.2. The molecule has 4 rings (SSSR count). The Bertz CT molecular complexity index is 1480. The number of carbonyl (C=O) groups excluding carboxylic acids is 1. The Kier molecular flexibility index (Phi) is 7.86. The molecule has 4 aromatic rings. The molecule has 10 nitrogen and oxygen atoms in total. The highest BCUT2D eigenvalue weighted by Gasteiger charge is 2.13. The fourth-order valence-corrected chi connectivity index (χ4v) is 4.98. The highest BCUT2D eigenvalue weighted by Crippen LogP contribution is 2.21. The van der Waals surface area contributed by atoms with Crippen LogP contribution in [0.25, 0.3) is 11.0 Å². The summed E-state index contributed by atoms with van der Waals surface area (Å²) in [6.45, 7) is 4.07.